The molecular weight excluding hydrogens is 789 g/mol. The van der Waals surface area contributed by atoms with Gasteiger partial charge in [-0.2, -0.15) is 0 Å². The van der Waals surface area contributed by atoms with Crippen LogP contribution in [0, 0.1) is 0 Å². The SMILES string of the molecule is CC1c2cc3c4cc(-c5ccc6ccccn56)ccc4n(-c4ccccc4)c3c3c2-c2c(cc4c5cc(-c6ccc7ccccc7n6)ccc5n(-c5ccccc5)c4c2C1C)C(C)C3C. The van der Waals surface area contributed by atoms with Gasteiger partial charge in [0.2, 0.25) is 0 Å². The largest absolute Gasteiger partial charge is 0.317 e. The third-order valence-corrected chi connectivity index (χ3v) is 15.7. The van der Waals surface area contributed by atoms with Gasteiger partial charge in [-0.25, -0.2) is 4.98 Å². The van der Waals surface area contributed by atoms with Gasteiger partial charge in [-0.1, -0.05) is 107 Å². The van der Waals surface area contributed by atoms with Crippen molar-refractivity contribution in [2.24, 2.45) is 0 Å². The summed E-state index contributed by atoms with van der Waals surface area (Å²) in [5, 5.41) is 6.41. The van der Waals surface area contributed by atoms with Crippen LogP contribution in [0.1, 0.15) is 73.6 Å². The maximum absolute atomic E-state index is 5.17. The standard InChI is InChI=1S/C61H46N4/c1-35-38(4)57-59-46(34-50-48-32-41(53-29-25-42-16-13-14-30-63(42)53)24-28-55(48)65(61(50)57)44-19-9-6-10-20-44)36(2)37(3)56-58(59)45(35)33-49-47-31-40(52-26-22-39-15-11-12-21-51(39)62-52)23-27-54(47)64(60(49)56)43-17-7-5-8-18-43/h5-38H,1-4H3. The van der Waals surface area contributed by atoms with Crippen molar-refractivity contribution in [3.63, 3.8) is 0 Å². The topological polar surface area (TPSA) is 27.2 Å². The summed E-state index contributed by atoms with van der Waals surface area (Å²) >= 11 is 0. The minimum absolute atomic E-state index is 0.268. The first-order valence-corrected chi connectivity index (χ1v) is 23.3. The second kappa shape index (κ2) is 13.4. The van der Waals surface area contributed by atoms with E-state index in [0.717, 1.165) is 22.2 Å². The van der Waals surface area contributed by atoms with Crippen LogP contribution in [-0.2, 0) is 0 Å². The number of hydrogen-bond acceptors (Lipinski definition) is 1. The minimum atomic E-state index is 0.268. The summed E-state index contributed by atoms with van der Waals surface area (Å²) in [6, 6.07) is 65.2. The van der Waals surface area contributed by atoms with Crippen LogP contribution in [0.25, 0.3) is 105 Å². The van der Waals surface area contributed by atoms with E-state index in [0.29, 0.717) is 0 Å². The second-order valence-corrected chi connectivity index (χ2v) is 18.9. The number of pyridine rings is 2. The molecule has 0 radical (unpaired) electrons. The molecule has 0 fully saturated rings. The van der Waals surface area contributed by atoms with Crippen molar-refractivity contribution in [2.45, 2.75) is 51.4 Å². The Bertz CT molecular complexity index is 3960. The van der Waals surface area contributed by atoms with Crippen LogP contribution in [0.4, 0.5) is 0 Å². The Kier molecular flexibility index (Phi) is 7.59. The summed E-state index contributed by atoms with van der Waals surface area (Å²) in [6.07, 6.45) is 2.18. The van der Waals surface area contributed by atoms with E-state index in [4.69, 9.17) is 4.98 Å². The number of hydrogen-bond donors (Lipinski definition) is 0. The first-order valence-electron chi connectivity index (χ1n) is 23.3. The van der Waals surface area contributed by atoms with E-state index in [1.54, 1.807) is 0 Å². The number of para-hydroxylation sites is 3. The Morgan fingerprint density at radius 2 is 0.985 bits per heavy atom. The minimum Gasteiger partial charge on any atom is -0.317 e. The van der Waals surface area contributed by atoms with Crippen molar-refractivity contribution in [3.05, 3.63) is 204 Å². The van der Waals surface area contributed by atoms with Crippen LogP contribution in [0.15, 0.2) is 182 Å². The first kappa shape index (κ1) is 36.8. The van der Waals surface area contributed by atoms with Crippen molar-refractivity contribution in [3.8, 4) is 45.0 Å². The third-order valence-electron chi connectivity index (χ3n) is 15.7. The van der Waals surface area contributed by atoms with Crippen molar-refractivity contribution >= 4 is 60.0 Å². The monoisotopic (exact) mass is 834 g/mol. The molecule has 0 saturated heterocycles. The van der Waals surface area contributed by atoms with E-state index in [9.17, 15) is 0 Å². The van der Waals surface area contributed by atoms with Gasteiger partial charge in [-0.3, -0.25) is 0 Å². The molecule has 2 aliphatic carbocycles. The van der Waals surface area contributed by atoms with Gasteiger partial charge in [-0.05, 0) is 160 Å². The number of aromatic nitrogens is 4. The highest BCUT2D eigenvalue weighted by atomic mass is 15.0. The van der Waals surface area contributed by atoms with Crippen LogP contribution in [-0.4, -0.2) is 18.5 Å². The summed E-state index contributed by atoms with van der Waals surface area (Å²) in [4.78, 5) is 5.17. The lowest BCUT2D eigenvalue weighted by Crippen LogP contribution is -2.24. The number of nitrogens with zero attached hydrogens (tertiary/aromatic N) is 4. The molecule has 0 spiro atoms. The summed E-state index contributed by atoms with van der Waals surface area (Å²) in [5.41, 5.74) is 23.2. The molecule has 4 nitrogen and oxygen atoms in total. The summed E-state index contributed by atoms with van der Waals surface area (Å²) in [5.74, 6) is 1.10. The second-order valence-electron chi connectivity index (χ2n) is 18.9. The molecule has 4 atom stereocenters. The predicted octanol–water partition coefficient (Wildman–Crippen LogP) is 16.1. The highest BCUT2D eigenvalue weighted by Gasteiger charge is 2.42. The molecule has 4 unspecified atom stereocenters. The van der Waals surface area contributed by atoms with Crippen molar-refractivity contribution < 1.29 is 0 Å². The van der Waals surface area contributed by atoms with E-state index in [1.807, 2.05) is 0 Å². The van der Waals surface area contributed by atoms with Crippen molar-refractivity contribution in [1.29, 1.82) is 0 Å². The van der Waals surface area contributed by atoms with Gasteiger partial charge in [0.25, 0.3) is 0 Å². The van der Waals surface area contributed by atoms with Crippen LogP contribution >= 0.6 is 0 Å². The Balaban J connectivity index is 1.09. The number of fused-ring (bicyclic) bond motifs is 10. The summed E-state index contributed by atoms with van der Waals surface area (Å²) in [6.45, 7) is 9.97. The van der Waals surface area contributed by atoms with E-state index < -0.39 is 0 Å². The fraction of sp³-hybridized carbons (Fsp3) is 0.131. The fourth-order valence-corrected chi connectivity index (χ4v) is 12.2. The molecule has 4 heteroatoms. The molecule has 7 aromatic carbocycles. The van der Waals surface area contributed by atoms with E-state index in [-0.39, 0.29) is 23.7 Å². The van der Waals surface area contributed by atoms with Crippen molar-refractivity contribution in [2.75, 3.05) is 0 Å². The van der Waals surface area contributed by atoms with Crippen LogP contribution in [0.3, 0.4) is 0 Å². The average molecular weight is 835 g/mol. The Hall–Kier alpha value is -7.69. The van der Waals surface area contributed by atoms with Gasteiger partial charge < -0.3 is 13.5 Å². The maximum Gasteiger partial charge on any atom is 0.0709 e. The number of benzene rings is 7. The van der Waals surface area contributed by atoms with E-state index >= 15 is 0 Å². The van der Waals surface area contributed by atoms with Gasteiger partial charge in [0.05, 0.1) is 39.0 Å². The van der Waals surface area contributed by atoms with Gasteiger partial charge >= 0.3 is 0 Å². The van der Waals surface area contributed by atoms with E-state index in [2.05, 4.69) is 223 Å². The Labute approximate surface area is 377 Å². The third kappa shape index (κ3) is 5.00. The first-order chi connectivity index (χ1) is 31.9. The Morgan fingerprint density at radius 3 is 1.62 bits per heavy atom. The molecule has 310 valence electrons. The molecule has 0 N–H and O–H groups in total. The summed E-state index contributed by atoms with van der Waals surface area (Å²) in [7, 11) is 0. The molecular formula is C61H46N4. The van der Waals surface area contributed by atoms with Crippen LogP contribution < -0.4 is 0 Å². The highest BCUT2D eigenvalue weighted by molar-refractivity contribution is 6.17. The molecule has 0 amide bonds. The van der Waals surface area contributed by atoms with Gasteiger partial charge in [0.15, 0.2) is 0 Å². The molecule has 0 saturated carbocycles. The zero-order valence-corrected chi connectivity index (χ0v) is 36.9. The lowest BCUT2D eigenvalue weighted by atomic mass is 9.62. The average Bonchev–Trinajstić information content (AvgIpc) is 4.04. The van der Waals surface area contributed by atoms with Crippen molar-refractivity contribution in [1.82, 2.24) is 18.5 Å². The lowest BCUT2D eigenvalue weighted by Gasteiger charge is -2.42. The Morgan fingerprint density at radius 1 is 0.431 bits per heavy atom. The predicted molar refractivity (Wildman–Crippen MR) is 271 cm³/mol. The zero-order chi connectivity index (χ0) is 43.2. The molecule has 5 heterocycles. The van der Waals surface area contributed by atoms with Gasteiger partial charge in [0, 0.05) is 55.6 Å². The van der Waals surface area contributed by atoms with Gasteiger partial charge in [0.1, 0.15) is 0 Å². The lowest BCUT2D eigenvalue weighted by molar-refractivity contribution is 0.584. The quantitative estimate of drug-likeness (QED) is 0.174. The molecule has 5 aromatic heterocycles. The molecule has 14 rings (SSSR count). The molecule has 12 aromatic rings. The normalized spacial score (nSPS) is 17.8. The molecule has 0 bridgehead atoms. The highest BCUT2D eigenvalue weighted by Crippen LogP contribution is 2.61. The molecule has 0 aliphatic heterocycles. The fourth-order valence-electron chi connectivity index (χ4n) is 12.2. The molecule has 2 aliphatic rings. The van der Waals surface area contributed by atoms with E-state index in [1.165, 1.54) is 105 Å². The zero-order valence-electron chi connectivity index (χ0n) is 36.9. The maximum atomic E-state index is 5.17. The van der Waals surface area contributed by atoms with Crippen LogP contribution in [0.2, 0.25) is 0 Å². The summed E-state index contributed by atoms with van der Waals surface area (Å²) < 4.78 is 7.46. The van der Waals surface area contributed by atoms with Gasteiger partial charge in [-0.15, -0.1) is 0 Å². The number of rotatable bonds is 4. The molecule has 65 heavy (non-hydrogen) atoms. The smallest absolute Gasteiger partial charge is 0.0709 e. The van der Waals surface area contributed by atoms with Crippen LogP contribution in [0.5, 0.6) is 0 Å².